The Hall–Kier alpha value is -4.55. The van der Waals surface area contributed by atoms with Crippen molar-refractivity contribution < 1.29 is 41.0 Å². The van der Waals surface area contributed by atoms with Gasteiger partial charge in [0, 0.05) is 19.5 Å². The number of hydrogen-bond donors (Lipinski definition) is 2. The average Bonchev–Trinajstić information content (AvgIpc) is 3.04. The molecule has 4 aromatic carbocycles. The Morgan fingerprint density at radius 2 is 1.67 bits per heavy atom. The highest BCUT2D eigenvalue weighted by Crippen LogP contribution is 2.42. The molecule has 1 unspecified atom stereocenters. The molecule has 0 radical (unpaired) electrons. The van der Waals surface area contributed by atoms with E-state index in [1.165, 1.54) is 16.4 Å². The molecule has 8 nitrogen and oxygen atoms in total. The van der Waals surface area contributed by atoms with E-state index in [0.717, 1.165) is 23.3 Å². The van der Waals surface area contributed by atoms with E-state index >= 15 is 0 Å². The first-order valence-electron chi connectivity index (χ1n) is 14.8. The summed E-state index contributed by atoms with van der Waals surface area (Å²) in [5, 5.41) is 13.4. The molecule has 8 bridgehead atoms. The standard InChI is InChI=1S/C34H31F3N2O6S/c35-34(36,37)25-3-1-4-28(21-25)46(42,43)39-17-15-24-20-27-11-12-29(24)33(39)23-7-9-26(10-8-23)44-18-2-16-38-32(41)14-6-22-5-13-30(40)31(19-22)45-27/h1,3-5,7-13,19-21,33,40H,2,6,14-18H2,(H,38,41). The molecule has 1 atom stereocenters. The number of hydrogen-bond acceptors (Lipinski definition) is 6. The first-order valence-corrected chi connectivity index (χ1v) is 16.2. The zero-order valence-electron chi connectivity index (χ0n) is 24.6. The van der Waals surface area contributed by atoms with Crippen molar-refractivity contribution in [1.29, 1.82) is 0 Å². The number of aryl methyl sites for hydroxylation is 1. The van der Waals surface area contributed by atoms with Gasteiger partial charge in [-0.25, -0.2) is 8.42 Å². The van der Waals surface area contributed by atoms with E-state index in [9.17, 15) is 31.5 Å². The molecule has 0 saturated heterocycles. The maximum absolute atomic E-state index is 14.0. The fourth-order valence-corrected chi connectivity index (χ4v) is 7.36. The van der Waals surface area contributed by atoms with Crippen LogP contribution in [0.1, 0.15) is 46.7 Å². The zero-order chi connectivity index (χ0) is 32.5. The first kappa shape index (κ1) is 31.4. The van der Waals surface area contributed by atoms with E-state index in [4.69, 9.17) is 9.47 Å². The van der Waals surface area contributed by atoms with Gasteiger partial charge in [0.05, 0.1) is 23.1 Å². The van der Waals surface area contributed by atoms with Crippen LogP contribution >= 0.6 is 0 Å². The molecule has 240 valence electrons. The Labute approximate surface area is 264 Å². The third kappa shape index (κ3) is 6.68. The van der Waals surface area contributed by atoms with E-state index in [1.54, 1.807) is 54.6 Å². The Bertz CT molecular complexity index is 1860. The summed E-state index contributed by atoms with van der Waals surface area (Å²) in [5.74, 6) is 0.969. The van der Waals surface area contributed by atoms with Gasteiger partial charge in [0.15, 0.2) is 11.5 Å². The van der Waals surface area contributed by atoms with Crippen LogP contribution in [0.5, 0.6) is 23.0 Å². The number of aromatic hydroxyl groups is 1. The van der Waals surface area contributed by atoms with Crippen LogP contribution in [0, 0.1) is 0 Å². The van der Waals surface area contributed by atoms with E-state index < -0.39 is 32.7 Å². The number of benzene rings is 4. The third-order valence-corrected chi connectivity index (χ3v) is 9.93. The van der Waals surface area contributed by atoms with Gasteiger partial charge in [-0.2, -0.15) is 17.5 Å². The fraction of sp³-hybridized carbons (Fsp3) is 0.265. The molecule has 4 aliphatic heterocycles. The maximum Gasteiger partial charge on any atom is 0.416 e. The van der Waals surface area contributed by atoms with Crippen LogP contribution in [0.4, 0.5) is 13.2 Å². The Morgan fingerprint density at radius 1 is 0.891 bits per heavy atom. The molecule has 0 saturated carbocycles. The van der Waals surface area contributed by atoms with Crippen LogP contribution in [-0.2, 0) is 33.8 Å². The summed E-state index contributed by atoms with van der Waals surface area (Å²) >= 11 is 0. The minimum absolute atomic E-state index is 0.000284. The Kier molecular flexibility index (Phi) is 8.67. The van der Waals surface area contributed by atoms with Crippen molar-refractivity contribution >= 4 is 15.9 Å². The van der Waals surface area contributed by atoms with Crippen molar-refractivity contribution in [2.24, 2.45) is 0 Å². The van der Waals surface area contributed by atoms with E-state index in [-0.39, 0.29) is 36.8 Å². The van der Waals surface area contributed by atoms with Crippen LogP contribution in [0.3, 0.4) is 0 Å². The molecule has 12 heteroatoms. The van der Waals surface area contributed by atoms with Gasteiger partial charge in [-0.3, -0.25) is 4.79 Å². The van der Waals surface area contributed by atoms with Crippen molar-refractivity contribution in [3.05, 3.63) is 113 Å². The van der Waals surface area contributed by atoms with Crippen molar-refractivity contribution in [3.8, 4) is 23.0 Å². The lowest BCUT2D eigenvalue weighted by Gasteiger charge is -2.37. The number of nitrogens with zero attached hydrogens (tertiary/aromatic N) is 1. The normalized spacial score (nSPS) is 17.8. The molecule has 4 aromatic rings. The predicted octanol–water partition coefficient (Wildman–Crippen LogP) is 6.37. The number of carbonyl (C=O) groups is 1. The van der Waals surface area contributed by atoms with Gasteiger partial charge < -0.3 is 19.9 Å². The number of fused-ring (bicyclic) bond motifs is 1. The molecule has 46 heavy (non-hydrogen) atoms. The highest BCUT2D eigenvalue weighted by molar-refractivity contribution is 7.89. The molecule has 2 N–H and O–H groups in total. The van der Waals surface area contributed by atoms with Gasteiger partial charge in [0.25, 0.3) is 0 Å². The number of sulfonamides is 1. The molecule has 0 aliphatic carbocycles. The van der Waals surface area contributed by atoms with Crippen LogP contribution in [0.25, 0.3) is 0 Å². The molecule has 0 fully saturated rings. The number of amides is 1. The quantitative estimate of drug-likeness (QED) is 0.261. The number of phenolic OH excluding ortho intramolecular Hbond substituents is 1. The number of nitrogens with one attached hydrogen (secondary N) is 1. The molecule has 0 spiro atoms. The second kappa shape index (κ2) is 12.7. The Morgan fingerprint density at radius 3 is 2.46 bits per heavy atom. The largest absolute Gasteiger partial charge is 0.504 e. The summed E-state index contributed by atoms with van der Waals surface area (Å²) in [6.45, 7) is 0.755. The number of carbonyl (C=O) groups excluding carboxylic acids is 1. The van der Waals surface area contributed by atoms with Crippen molar-refractivity contribution in [2.75, 3.05) is 19.7 Å². The highest BCUT2D eigenvalue weighted by atomic mass is 32.2. The van der Waals surface area contributed by atoms with E-state index in [0.29, 0.717) is 54.7 Å². The summed E-state index contributed by atoms with van der Waals surface area (Å²) in [5.41, 5.74) is 1.79. The minimum atomic E-state index is -4.71. The van der Waals surface area contributed by atoms with Crippen LogP contribution < -0.4 is 14.8 Å². The molecule has 4 heterocycles. The van der Waals surface area contributed by atoms with E-state index in [1.807, 2.05) is 0 Å². The maximum atomic E-state index is 14.0. The first-order chi connectivity index (χ1) is 22.0. The fourth-order valence-electron chi connectivity index (χ4n) is 5.72. The molecule has 4 aliphatic rings. The number of phenols is 1. The van der Waals surface area contributed by atoms with Crippen molar-refractivity contribution in [2.45, 2.75) is 42.8 Å². The summed E-state index contributed by atoms with van der Waals surface area (Å²) < 4.78 is 81.7. The Balaban J connectivity index is 1.41. The highest BCUT2D eigenvalue weighted by Gasteiger charge is 2.39. The lowest BCUT2D eigenvalue weighted by Crippen LogP contribution is -2.40. The third-order valence-electron chi connectivity index (χ3n) is 8.07. The van der Waals surface area contributed by atoms with Crippen LogP contribution in [0.2, 0.25) is 0 Å². The lowest BCUT2D eigenvalue weighted by atomic mass is 9.89. The molecular formula is C34H31F3N2O6S. The van der Waals surface area contributed by atoms with Crippen molar-refractivity contribution in [1.82, 2.24) is 9.62 Å². The SMILES string of the molecule is O=C1CCc2ccc(O)c(c2)Oc2ccc3c(c2)CCN(S(=O)(=O)c2cccc(C(F)(F)F)c2)C3c2ccc(cc2)OCCCN1. The van der Waals surface area contributed by atoms with E-state index in [2.05, 4.69) is 5.32 Å². The second-order valence-corrected chi connectivity index (χ2v) is 13.1. The summed E-state index contributed by atoms with van der Waals surface area (Å²) in [6, 6.07) is 19.9. The zero-order valence-corrected chi connectivity index (χ0v) is 25.4. The van der Waals surface area contributed by atoms with Gasteiger partial charge in [0.1, 0.15) is 11.5 Å². The van der Waals surface area contributed by atoms with Gasteiger partial charge in [-0.15, -0.1) is 0 Å². The lowest BCUT2D eigenvalue weighted by molar-refractivity contribution is -0.137. The molecule has 8 rings (SSSR count). The monoisotopic (exact) mass is 652 g/mol. The van der Waals surface area contributed by atoms with Crippen LogP contribution in [-0.4, -0.2) is 43.4 Å². The predicted molar refractivity (Wildman–Crippen MR) is 163 cm³/mol. The topological polar surface area (TPSA) is 105 Å². The number of alkyl halides is 3. The summed E-state index contributed by atoms with van der Waals surface area (Å²) in [6.07, 6.45) is -3.18. The van der Waals surface area contributed by atoms with Gasteiger partial charge in [-0.05, 0) is 96.1 Å². The average molecular weight is 653 g/mol. The van der Waals surface area contributed by atoms with Crippen LogP contribution in [0.15, 0.2) is 89.8 Å². The van der Waals surface area contributed by atoms with Gasteiger partial charge in [0.2, 0.25) is 15.9 Å². The number of halogens is 3. The smallest absolute Gasteiger partial charge is 0.416 e. The molecule has 0 aromatic heterocycles. The minimum Gasteiger partial charge on any atom is -0.504 e. The van der Waals surface area contributed by atoms with Gasteiger partial charge >= 0.3 is 6.18 Å². The molecular weight excluding hydrogens is 621 g/mol. The number of rotatable bonds is 2. The molecule has 1 amide bonds. The number of ether oxygens (including phenoxy) is 2. The summed E-state index contributed by atoms with van der Waals surface area (Å²) in [7, 11) is -4.38. The summed E-state index contributed by atoms with van der Waals surface area (Å²) in [4.78, 5) is 11.9. The van der Waals surface area contributed by atoms with Gasteiger partial charge in [-0.1, -0.05) is 30.3 Å². The van der Waals surface area contributed by atoms with Crippen molar-refractivity contribution in [3.63, 3.8) is 0 Å². The second-order valence-electron chi connectivity index (χ2n) is 11.2.